The summed E-state index contributed by atoms with van der Waals surface area (Å²) in [6.45, 7) is 0.851. The molecule has 0 aliphatic heterocycles. The molecule has 0 fully saturated rings. The largest absolute Gasteiger partial charge is 0.361 e. The van der Waals surface area contributed by atoms with Crippen molar-refractivity contribution in [2.75, 3.05) is 0 Å². The molecule has 0 saturated carbocycles. The van der Waals surface area contributed by atoms with Gasteiger partial charge in [-0.3, -0.25) is 0 Å². The van der Waals surface area contributed by atoms with E-state index in [1.54, 1.807) is 0 Å². The van der Waals surface area contributed by atoms with Crippen LogP contribution in [-0.2, 0) is 6.54 Å². The minimum Gasteiger partial charge on any atom is -0.361 e. The topological polar surface area (TPSA) is 35.5 Å². The third kappa shape index (κ3) is 1.80. The molecule has 0 saturated heterocycles. The normalized spacial score (nSPS) is 11.4. The van der Waals surface area contributed by atoms with Gasteiger partial charge in [-0.25, -0.2) is 0 Å². The summed E-state index contributed by atoms with van der Waals surface area (Å²) in [4.78, 5) is 3.25. The molecule has 0 aliphatic carbocycles. The van der Waals surface area contributed by atoms with Crippen molar-refractivity contribution in [2.45, 2.75) is 6.54 Å². The SMILES string of the molecule is c1ccc2[nH][n+](Cc3ccc4cc[nH]c4c3)cc2c1. The van der Waals surface area contributed by atoms with E-state index in [1.165, 1.54) is 27.4 Å². The Morgan fingerprint density at radius 1 is 0.895 bits per heavy atom. The van der Waals surface area contributed by atoms with Crippen molar-refractivity contribution in [1.82, 2.24) is 10.1 Å². The fraction of sp³-hybridized carbons (Fsp3) is 0.0625. The maximum absolute atomic E-state index is 3.39. The second-order valence-electron chi connectivity index (χ2n) is 4.86. The van der Waals surface area contributed by atoms with Gasteiger partial charge in [-0.2, -0.15) is 5.10 Å². The van der Waals surface area contributed by atoms with Crippen molar-refractivity contribution in [2.24, 2.45) is 0 Å². The van der Waals surface area contributed by atoms with Crippen LogP contribution in [0.15, 0.2) is 60.9 Å². The number of aromatic nitrogens is 3. The molecular weight excluding hydrogens is 234 g/mol. The molecule has 0 radical (unpaired) electrons. The Labute approximate surface area is 110 Å². The summed E-state index contributed by atoms with van der Waals surface area (Å²) in [6, 6.07) is 17.0. The first kappa shape index (κ1) is 10.4. The fourth-order valence-corrected chi connectivity index (χ4v) is 2.54. The van der Waals surface area contributed by atoms with Crippen LogP contribution >= 0.6 is 0 Å². The van der Waals surface area contributed by atoms with Crippen LogP contribution in [0.4, 0.5) is 0 Å². The quantitative estimate of drug-likeness (QED) is 0.512. The van der Waals surface area contributed by atoms with Crippen molar-refractivity contribution in [3.05, 3.63) is 66.5 Å². The van der Waals surface area contributed by atoms with Crippen molar-refractivity contribution in [3.63, 3.8) is 0 Å². The van der Waals surface area contributed by atoms with E-state index in [4.69, 9.17) is 0 Å². The Kier molecular flexibility index (Phi) is 2.18. The molecule has 0 spiro atoms. The van der Waals surface area contributed by atoms with Gasteiger partial charge < -0.3 is 4.98 Å². The highest BCUT2D eigenvalue weighted by Crippen LogP contribution is 2.14. The number of hydrogen-bond donors (Lipinski definition) is 2. The lowest BCUT2D eigenvalue weighted by Gasteiger charge is -1.95. The molecule has 4 rings (SSSR count). The van der Waals surface area contributed by atoms with Gasteiger partial charge in [0.1, 0.15) is 5.52 Å². The molecule has 2 aromatic carbocycles. The number of H-pyrrole nitrogens is 2. The zero-order chi connectivity index (χ0) is 12.7. The van der Waals surface area contributed by atoms with Gasteiger partial charge >= 0.3 is 0 Å². The molecule has 2 heterocycles. The van der Waals surface area contributed by atoms with Gasteiger partial charge in [0.25, 0.3) is 0 Å². The monoisotopic (exact) mass is 248 g/mol. The molecule has 0 atom stereocenters. The molecule has 92 valence electrons. The number of rotatable bonds is 2. The Bertz CT molecular complexity index is 821. The molecule has 2 N–H and O–H groups in total. The summed E-state index contributed by atoms with van der Waals surface area (Å²) in [7, 11) is 0. The lowest BCUT2D eigenvalue weighted by molar-refractivity contribution is -0.740. The average Bonchev–Trinajstić information content (AvgIpc) is 3.03. The molecule has 4 aromatic rings. The molecule has 2 aromatic heterocycles. The van der Waals surface area contributed by atoms with Crippen LogP contribution in [0, 0.1) is 0 Å². The van der Waals surface area contributed by atoms with E-state index in [9.17, 15) is 0 Å². The average molecular weight is 248 g/mol. The Morgan fingerprint density at radius 3 is 2.79 bits per heavy atom. The second-order valence-corrected chi connectivity index (χ2v) is 4.86. The van der Waals surface area contributed by atoms with Gasteiger partial charge in [0.15, 0.2) is 6.54 Å². The molecule has 0 bridgehead atoms. The first-order valence-electron chi connectivity index (χ1n) is 6.42. The van der Waals surface area contributed by atoms with Gasteiger partial charge in [-0.15, -0.1) is 4.68 Å². The highest BCUT2D eigenvalue weighted by Gasteiger charge is 2.08. The zero-order valence-corrected chi connectivity index (χ0v) is 10.4. The number of aromatic amines is 2. The lowest BCUT2D eigenvalue weighted by atomic mass is 10.1. The van der Waals surface area contributed by atoms with Crippen LogP contribution in [0.2, 0.25) is 0 Å². The van der Waals surface area contributed by atoms with Crippen LogP contribution in [0.5, 0.6) is 0 Å². The molecule has 3 heteroatoms. The lowest BCUT2D eigenvalue weighted by Crippen LogP contribution is -2.35. The fourth-order valence-electron chi connectivity index (χ4n) is 2.54. The van der Waals surface area contributed by atoms with Gasteiger partial charge in [-0.05, 0) is 29.7 Å². The smallest absolute Gasteiger partial charge is 0.203 e. The summed E-state index contributed by atoms with van der Waals surface area (Å²) >= 11 is 0. The van der Waals surface area contributed by atoms with E-state index in [2.05, 4.69) is 63.4 Å². The third-order valence-corrected chi connectivity index (χ3v) is 3.49. The van der Waals surface area contributed by atoms with Gasteiger partial charge in [-0.1, -0.05) is 24.3 Å². The van der Waals surface area contributed by atoms with Crippen LogP contribution < -0.4 is 4.68 Å². The van der Waals surface area contributed by atoms with Gasteiger partial charge in [0, 0.05) is 17.3 Å². The minimum absolute atomic E-state index is 0.851. The Balaban J connectivity index is 1.72. The van der Waals surface area contributed by atoms with Crippen LogP contribution in [0.25, 0.3) is 21.8 Å². The van der Waals surface area contributed by atoms with E-state index in [0.717, 1.165) is 6.54 Å². The van der Waals surface area contributed by atoms with Crippen molar-refractivity contribution >= 4 is 21.8 Å². The third-order valence-electron chi connectivity index (χ3n) is 3.49. The standard InChI is InChI=1S/C16H13N3/c1-2-4-15-14(3-1)11-19(18-15)10-12-5-6-13-7-8-17-16(13)9-12/h1-9,11,17H,10H2/p+1. The Morgan fingerprint density at radius 2 is 1.84 bits per heavy atom. The van der Waals surface area contributed by atoms with E-state index >= 15 is 0 Å². The van der Waals surface area contributed by atoms with E-state index in [0.29, 0.717) is 0 Å². The van der Waals surface area contributed by atoms with Crippen molar-refractivity contribution in [3.8, 4) is 0 Å². The van der Waals surface area contributed by atoms with Gasteiger partial charge in [0.2, 0.25) is 6.20 Å². The Hall–Kier alpha value is -2.55. The number of para-hydroxylation sites is 1. The van der Waals surface area contributed by atoms with E-state index < -0.39 is 0 Å². The van der Waals surface area contributed by atoms with Crippen LogP contribution in [0.3, 0.4) is 0 Å². The summed E-state index contributed by atoms with van der Waals surface area (Å²) in [5.74, 6) is 0. The van der Waals surface area contributed by atoms with E-state index in [-0.39, 0.29) is 0 Å². The zero-order valence-electron chi connectivity index (χ0n) is 10.4. The maximum atomic E-state index is 3.39. The number of nitrogens with zero attached hydrogens (tertiary/aromatic N) is 1. The second kappa shape index (κ2) is 3.99. The predicted molar refractivity (Wildman–Crippen MR) is 75.9 cm³/mol. The minimum atomic E-state index is 0.851. The van der Waals surface area contributed by atoms with Crippen molar-refractivity contribution < 1.29 is 4.68 Å². The summed E-state index contributed by atoms with van der Waals surface area (Å²) in [5.41, 5.74) is 3.64. The maximum Gasteiger partial charge on any atom is 0.203 e. The molecule has 3 nitrogen and oxygen atoms in total. The molecule has 0 amide bonds. The van der Waals surface area contributed by atoms with Crippen LogP contribution in [-0.4, -0.2) is 10.1 Å². The number of fused-ring (bicyclic) bond motifs is 2. The molecule has 0 unspecified atom stereocenters. The molecule has 0 aliphatic rings. The molecular formula is C16H14N3+. The van der Waals surface area contributed by atoms with Crippen molar-refractivity contribution in [1.29, 1.82) is 0 Å². The number of nitrogens with one attached hydrogen (secondary N) is 2. The first-order chi connectivity index (χ1) is 9.38. The summed E-state index contributed by atoms with van der Waals surface area (Å²) in [6.07, 6.45) is 4.12. The highest BCUT2D eigenvalue weighted by atomic mass is 15.3. The van der Waals surface area contributed by atoms with Gasteiger partial charge in [0.05, 0.1) is 5.39 Å². The van der Waals surface area contributed by atoms with Crippen LogP contribution in [0.1, 0.15) is 5.56 Å². The number of benzene rings is 2. The van der Waals surface area contributed by atoms with E-state index in [1.807, 2.05) is 12.3 Å². The highest BCUT2D eigenvalue weighted by molar-refractivity contribution is 5.79. The first-order valence-corrected chi connectivity index (χ1v) is 6.42. The summed E-state index contributed by atoms with van der Waals surface area (Å²) < 4.78 is 2.12. The molecule has 19 heavy (non-hydrogen) atoms. The summed E-state index contributed by atoms with van der Waals surface area (Å²) in [5, 5.41) is 5.89. The number of hydrogen-bond acceptors (Lipinski definition) is 0. The predicted octanol–water partition coefficient (Wildman–Crippen LogP) is 2.99.